The summed E-state index contributed by atoms with van der Waals surface area (Å²) in [7, 11) is 0. The van der Waals surface area contributed by atoms with E-state index in [0.717, 1.165) is 28.1 Å². The Morgan fingerprint density at radius 1 is 1.03 bits per heavy atom. The maximum Gasteiger partial charge on any atom is 0.242 e. The van der Waals surface area contributed by atoms with Crippen LogP contribution in [0.25, 0.3) is 0 Å². The van der Waals surface area contributed by atoms with Gasteiger partial charge in [0, 0.05) is 29.4 Å². The van der Waals surface area contributed by atoms with Crippen LogP contribution in [0.5, 0.6) is 11.5 Å². The maximum atomic E-state index is 14.3. The minimum Gasteiger partial charge on any atom is -0.494 e. The van der Waals surface area contributed by atoms with Crippen LogP contribution in [-0.4, -0.2) is 18.1 Å². The van der Waals surface area contributed by atoms with Crippen LogP contribution in [-0.2, 0) is 16.8 Å². The minimum atomic E-state index is -0.807. The quantitative estimate of drug-likeness (QED) is 0.590. The highest BCUT2D eigenvalue weighted by Gasteiger charge is 2.58. The van der Waals surface area contributed by atoms with Gasteiger partial charge in [0.1, 0.15) is 22.5 Å². The Hall–Kier alpha value is -3.47. The van der Waals surface area contributed by atoms with E-state index < -0.39 is 11.0 Å². The summed E-state index contributed by atoms with van der Waals surface area (Å²) in [5, 5.41) is 0. The SMILES string of the molecule is CCOc1ccc2c(c1)OC(C)(C)CC21C(=O)N(Cc2cccc(N)c2)c2ccccc21. The van der Waals surface area contributed by atoms with Gasteiger partial charge in [0.25, 0.3) is 0 Å². The lowest BCUT2D eigenvalue weighted by atomic mass is 9.67. The summed E-state index contributed by atoms with van der Waals surface area (Å²) in [4.78, 5) is 16.2. The number of anilines is 2. The summed E-state index contributed by atoms with van der Waals surface area (Å²) in [6.45, 7) is 7.08. The molecule has 0 radical (unpaired) electrons. The van der Waals surface area contributed by atoms with E-state index in [0.29, 0.717) is 31.0 Å². The number of para-hydroxylation sites is 1. The van der Waals surface area contributed by atoms with Gasteiger partial charge in [-0.25, -0.2) is 0 Å². The van der Waals surface area contributed by atoms with E-state index in [1.165, 1.54) is 0 Å². The van der Waals surface area contributed by atoms with E-state index in [2.05, 4.69) is 6.07 Å². The lowest BCUT2D eigenvalue weighted by Gasteiger charge is -2.43. The Bertz CT molecular complexity index is 1200. The van der Waals surface area contributed by atoms with Gasteiger partial charge >= 0.3 is 0 Å². The number of benzene rings is 3. The molecule has 2 aliphatic heterocycles. The standard InChI is InChI=1S/C27H28N2O3/c1-4-31-20-12-13-22-24(15-20)32-26(2,3)17-27(22)21-10-5-6-11-23(21)29(25(27)30)16-18-8-7-9-19(28)14-18/h5-15H,4,16-17,28H2,1-3H3. The van der Waals surface area contributed by atoms with Gasteiger partial charge in [0.05, 0.1) is 13.2 Å². The summed E-state index contributed by atoms with van der Waals surface area (Å²) >= 11 is 0. The Kier molecular flexibility index (Phi) is 4.66. The van der Waals surface area contributed by atoms with Crippen molar-refractivity contribution in [3.63, 3.8) is 0 Å². The number of fused-ring (bicyclic) bond motifs is 4. The molecule has 5 nitrogen and oxygen atoms in total. The van der Waals surface area contributed by atoms with Crippen molar-refractivity contribution < 1.29 is 14.3 Å². The first-order valence-electron chi connectivity index (χ1n) is 11.1. The lowest BCUT2D eigenvalue weighted by Crippen LogP contribution is -2.50. The molecule has 0 aromatic heterocycles. The van der Waals surface area contributed by atoms with Crippen molar-refractivity contribution in [1.82, 2.24) is 0 Å². The number of nitrogens with zero attached hydrogens (tertiary/aromatic N) is 1. The molecular formula is C27H28N2O3. The number of carbonyl (C=O) groups excluding carboxylic acids is 1. The van der Waals surface area contributed by atoms with Gasteiger partial charge in [0.2, 0.25) is 5.91 Å². The van der Waals surface area contributed by atoms with Gasteiger partial charge in [-0.05, 0) is 56.2 Å². The largest absolute Gasteiger partial charge is 0.494 e. The molecular weight excluding hydrogens is 400 g/mol. The Morgan fingerprint density at radius 2 is 1.84 bits per heavy atom. The molecule has 2 heterocycles. The summed E-state index contributed by atoms with van der Waals surface area (Å²) in [5.41, 5.74) is 9.24. The fourth-order valence-corrected chi connectivity index (χ4v) is 5.25. The summed E-state index contributed by atoms with van der Waals surface area (Å²) in [5.74, 6) is 1.53. The molecule has 5 heteroatoms. The number of nitrogen functional groups attached to an aromatic ring is 1. The first-order valence-corrected chi connectivity index (χ1v) is 11.1. The maximum absolute atomic E-state index is 14.3. The molecule has 3 aromatic rings. The van der Waals surface area contributed by atoms with Crippen molar-refractivity contribution in [2.24, 2.45) is 0 Å². The zero-order valence-electron chi connectivity index (χ0n) is 18.7. The zero-order valence-corrected chi connectivity index (χ0v) is 18.7. The number of hydrogen-bond donors (Lipinski definition) is 1. The molecule has 3 aromatic carbocycles. The predicted octanol–water partition coefficient (Wildman–Crippen LogP) is 5.06. The van der Waals surface area contributed by atoms with Gasteiger partial charge in [-0.15, -0.1) is 0 Å². The third-order valence-electron chi connectivity index (χ3n) is 6.36. The Morgan fingerprint density at radius 3 is 2.62 bits per heavy atom. The molecule has 2 aliphatic rings. The molecule has 1 unspecified atom stereocenters. The molecule has 0 bridgehead atoms. The number of ether oxygens (including phenoxy) is 2. The average Bonchev–Trinajstić information content (AvgIpc) is 2.96. The second kappa shape index (κ2) is 7.30. The number of hydrogen-bond acceptors (Lipinski definition) is 4. The normalized spacial score (nSPS) is 20.6. The minimum absolute atomic E-state index is 0.0721. The molecule has 2 N–H and O–H groups in total. The molecule has 164 valence electrons. The Balaban J connectivity index is 1.68. The number of nitrogens with two attached hydrogens (primary N) is 1. The molecule has 0 saturated carbocycles. The lowest BCUT2D eigenvalue weighted by molar-refractivity contribution is -0.124. The first kappa shape index (κ1) is 20.4. The van der Waals surface area contributed by atoms with E-state index in [-0.39, 0.29) is 5.91 Å². The third-order valence-corrected chi connectivity index (χ3v) is 6.36. The second-order valence-electron chi connectivity index (χ2n) is 9.19. The first-order chi connectivity index (χ1) is 15.3. The second-order valence-corrected chi connectivity index (χ2v) is 9.19. The van der Waals surface area contributed by atoms with E-state index >= 15 is 0 Å². The molecule has 0 fully saturated rings. The topological polar surface area (TPSA) is 64.8 Å². The van der Waals surface area contributed by atoms with Crippen LogP contribution in [0.3, 0.4) is 0 Å². The van der Waals surface area contributed by atoms with Crippen LogP contribution in [0.4, 0.5) is 11.4 Å². The summed E-state index contributed by atoms with van der Waals surface area (Å²) < 4.78 is 12.1. The fourth-order valence-electron chi connectivity index (χ4n) is 5.25. The van der Waals surface area contributed by atoms with Crippen molar-refractivity contribution >= 4 is 17.3 Å². The third kappa shape index (κ3) is 3.11. The monoisotopic (exact) mass is 428 g/mol. The van der Waals surface area contributed by atoms with Crippen LogP contribution in [0.1, 0.15) is 43.9 Å². The van der Waals surface area contributed by atoms with Crippen molar-refractivity contribution in [2.45, 2.75) is 44.8 Å². The van der Waals surface area contributed by atoms with Crippen LogP contribution < -0.4 is 20.1 Å². The molecule has 32 heavy (non-hydrogen) atoms. The highest BCUT2D eigenvalue weighted by molar-refractivity contribution is 6.11. The van der Waals surface area contributed by atoms with Crippen molar-refractivity contribution in [3.8, 4) is 11.5 Å². The molecule has 1 atom stereocenters. The van der Waals surface area contributed by atoms with E-state index in [9.17, 15) is 4.79 Å². The van der Waals surface area contributed by atoms with Crippen LogP contribution in [0.15, 0.2) is 66.7 Å². The highest BCUT2D eigenvalue weighted by atomic mass is 16.5. The van der Waals surface area contributed by atoms with E-state index in [1.54, 1.807) is 0 Å². The van der Waals surface area contributed by atoms with E-state index in [1.807, 2.05) is 86.3 Å². The zero-order chi connectivity index (χ0) is 22.5. The summed E-state index contributed by atoms with van der Waals surface area (Å²) in [6.07, 6.45) is 0.560. The van der Waals surface area contributed by atoms with E-state index in [4.69, 9.17) is 15.2 Å². The molecule has 0 saturated heterocycles. The molecule has 1 amide bonds. The number of rotatable bonds is 4. The van der Waals surface area contributed by atoms with Crippen LogP contribution >= 0.6 is 0 Å². The highest BCUT2D eigenvalue weighted by Crippen LogP contribution is 2.56. The fraction of sp³-hybridized carbons (Fsp3) is 0.296. The van der Waals surface area contributed by atoms with Crippen LogP contribution in [0.2, 0.25) is 0 Å². The number of carbonyl (C=O) groups is 1. The van der Waals surface area contributed by atoms with Crippen LogP contribution in [0, 0.1) is 0 Å². The summed E-state index contributed by atoms with van der Waals surface area (Å²) in [6, 6.07) is 21.7. The van der Waals surface area contributed by atoms with Crippen molar-refractivity contribution in [3.05, 3.63) is 83.4 Å². The van der Waals surface area contributed by atoms with Crippen molar-refractivity contribution in [1.29, 1.82) is 0 Å². The Labute approximate surface area is 188 Å². The number of amides is 1. The van der Waals surface area contributed by atoms with Gasteiger partial charge in [-0.1, -0.05) is 36.4 Å². The van der Waals surface area contributed by atoms with Gasteiger partial charge in [-0.2, -0.15) is 0 Å². The predicted molar refractivity (Wildman–Crippen MR) is 126 cm³/mol. The van der Waals surface area contributed by atoms with Crippen molar-refractivity contribution in [2.75, 3.05) is 17.2 Å². The molecule has 1 spiro atoms. The molecule has 5 rings (SSSR count). The van der Waals surface area contributed by atoms with Gasteiger partial charge < -0.3 is 20.1 Å². The average molecular weight is 429 g/mol. The van der Waals surface area contributed by atoms with Gasteiger partial charge in [0.15, 0.2) is 0 Å². The molecule has 0 aliphatic carbocycles. The smallest absolute Gasteiger partial charge is 0.242 e. The van der Waals surface area contributed by atoms with Gasteiger partial charge in [-0.3, -0.25) is 4.79 Å².